The number of allylic oxidation sites excluding steroid dienone is 2. The van der Waals surface area contributed by atoms with Gasteiger partial charge in [0.05, 0.1) is 37.7 Å². The summed E-state index contributed by atoms with van der Waals surface area (Å²) in [6, 6.07) is 5.51. The Bertz CT molecular complexity index is 720. The van der Waals surface area contributed by atoms with Crippen molar-refractivity contribution < 1.29 is 28.9 Å². The first kappa shape index (κ1) is 17.1. The Hall–Kier alpha value is -2.38. The third-order valence-electron chi connectivity index (χ3n) is 5.01. The summed E-state index contributed by atoms with van der Waals surface area (Å²) in [7, 11) is 0. The maximum absolute atomic E-state index is 12.4. The molecule has 0 aromatic heterocycles. The smallest absolute Gasteiger partial charge is 0.233 e. The van der Waals surface area contributed by atoms with Gasteiger partial charge >= 0.3 is 0 Å². The number of hydrogen-bond donors (Lipinski definition) is 1. The van der Waals surface area contributed by atoms with Gasteiger partial charge in [0.1, 0.15) is 0 Å². The summed E-state index contributed by atoms with van der Waals surface area (Å²) < 4.78 is 16.1. The number of nitrogens with zero attached hydrogens (tertiary/aromatic N) is 1. The highest BCUT2D eigenvalue weighted by Gasteiger charge is 2.47. The van der Waals surface area contributed by atoms with Crippen LogP contribution in [0.3, 0.4) is 0 Å². The van der Waals surface area contributed by atoms with Gasteiger partial charge in [-0.2, -0.15) is 0 Å². The number of benzene rings is 1. The summed E-state index contributed by atoms with van der Waals surface area (Å²) in [5.74, 6) is 0.480. The van der Waals surface area contributed by atoms with Crippen molar-refractivity contribution in [3.63, 3.8) is 0 Å². The van der Waals surface area contributed by atoms with Gasteiger partial charge in [0.2, 0.25) is 18.6 Å². The van der Waals surface area contributed by atoms with Crippen LogP contribution in [0.5, 0.6) is 11.5 Å². The van der Waals surface area contributed by atoms with E-state index in [1.807, 2.05) is 30.4 Å². The second-order valence-electron chi connectivity index (χ2n) is 6.80. The highest BCUT2D eigenvalue weighted by Crippen LogP contribution is 2.35. The Kier molecular flexibility index (Phi) is 4.65. The molecule has 3 aliphatic rings. The molecule has 26 heavy (non-hydrogen) atoms. The summed E-state index contributed by atoms with van der Waals surface area (Å²) in [5.41, 5.74) is 0.895. The molecule has 4 rings (SSSR count). The molecule has 1 aromatic rings. The van der Waals surface area contributed by atoms with Crippen LogP contribution < -0.4 is 9.47 Å². The highest BCUT2D eigenvalue weighted by atomic mass is 16.7. The van der Waals surface area contributed by atoms with E-state index in [0.717, 1.165) is 5.56 Å². The molecule has 2 aliphatic heterocycles. The van der Waals surface area contributed by atoms with Gasteiger partial charge in [-0.15, -0.1) is 0 Å². The summed E-state index contributed by atoms with van der Waals surface area (Å²) in [6.07, 6.45) is 4.18. The lowest BCUT2D eigenvalue weighted by Crippen LogP contribution is -2.39. The Balaban J connectivity index is 1.27. The molecule has 3 atom stereocenters. The molecule has 0 saturated carbocycles. The van der Waals surface area contributed by atoms with Gasteiger partial charge in [-0.1, -0.05) is 18.2 Å². The number of imide groups is 1. The van der Waals surface area contributed by atoms with Crippen LogP contribution in [-0.2, 0) is 20.9 Å². The van der Waals surface area contributed by atoms with Crippen molar-refractivity contribution in [1.29, 1.82) is 0 Å². The van der Waals surface area contributed by atoms with E-state index in [1.54, 1.807) is 0 Å². The monoisotopic (exact) mass is 359 g/mol. The number of carbonyl (C=O) groups excluding carboxylic acids is 2. The van der Waals surface area contributed by atoms with Crippen LogP contribution in [0.25, 0.3) is 0 Å². The van der Waals surface area contributed by atoms with Crippen LogP contribution in [0.4, 0.5) is 0 Å². The number of ether oxygens (including phenoxy) is 3. The quantitative estimate of drug-likeness (QED) is 0.608. The molecule has 2 heterocycles. The molecule has 138 valence electrons. The molecular weight excluding hydrogens is 338 g/mol. The number of hydrogen-bond acceptors (Lipinski definition) is 6. The fourth-order valence-corrected chi connectivity index (χ4v) is 3.66. The summed E-state index contributed by atoms with van der Waals surface area (Å²) in [4.78, 5) is 26.0. The average Bonchev–Trinajstić information content (AvgIpc) is 3.21. The van der Waals surface area contributed by atoms with E-state index in [2.05, 4.69) is 0 Å². The number of likely N-dealkylation sites (tertiary alicyclic amines) is 1. The van der Waals surface area contributed by atoms with Crippen molar-refractivity contribution in [3.05, 3.63) is 35.9 Å². The van der Waals surface area contributed by atoms with E-state index < -0.39 is 6.10 Å². The van der Waals surface area contributed by atoms with Crippen molar-refractivity contribution in [2.24, 2.45) is 11.8 Å². The Morgan fingerprint density at radius 3 is 2.54 bits per heavy atom. The van der Waals surface area contributed by atoms with Gasteiger partial charge in [-0.3, -0.25) is 14.5 Å². The third-order valence-corrected chi connectivity index (χ3v) is 5.01. The van der Waals surface area contributed by atoms with Crippen LogP contribution >= 0.6 is 0 Å². The topological polar surface area (TPSA) is 85.3 Å². The summed E-state index contributed by atoms with van der Waals surface area (Å²) in [6.45, 7) is 0.531. The van der Waals surface area contributed by atoms with E-state index >= 15 is 0 Å². The minimum atomic E-state index is -0.912. The minimum absolute atomic E-state index is 0.0220. The molecule has 3 unspecified atom stereocenters. The molecule has 1 saturated heterocycles. The zero-order valence-electron chi connectivity index (χ0n) is 14.3. The van der Waals surface area contributed by atoms with Gasteiger partial charge in [0.25, 0.3) is 0 Å². The van der Waals surface area contributed by atoms with Gasteiger partial charge in [0.15, 0.2) is 11.5 Å². The molecule has 0 radical (unpaired) electrons. The van der Waals surface area contributed by atoms with Crippen molar-refractivity contribution in [1.82, 2.24) is 4.90 Å². The maximum Gasteiger partial charge on any atom is 0.233 e. The predicted molar refractivity (Wildman–Crippen MR) is 90.3 cm³/mol. The number of amides is 2. The number of aliphatic hydroxyl groups is 1. The van der Waals surface area contributed by atoms with Crippen molar-refractivity contribution in [2.45, 2.75) is 25.6 Å². The number of fused-ring (bicyclic) bond motifs is 2. The molecule has 1 N–H and O–H groups in total. The molecular formula is C19H21NO6. The molecule has 0 spiro atoms. The highest BCUT2D eigenvalue weighted by molar-refractivity contribution is 6.05. The van der Waals surface area contributed by atoms with Gasteiger partial charge in [-0.25, -0.2) is 0 Å². The van der Waals surface area contributed by atoms with E-state index in [-0.39, 0.29) is 43.6 Å². The lowest BCUT2D eigenvalue weighted by molar-refractivity contribution is -0.142. The van der Waals surface area contributed by atoms with E-state index in [9.17, 15) is 14.7 Å². The fourth-order valence-electron chi connectivity index (χ4n) is 3.66. The first-order valence-corrected chi connectivity index (χ1v) is 8.78. The summed E-state index contributed by atoms with van der Waals surface area (Å²) in [5, 5.41) is 10.2. The normalized spacial score (nSPS) is 24.9. The largest absolute Gasteiger partial charge is 0.454 e. The molecule has 7 nitrogen and oxygen atoms in total. The lowest BCUT2D eigenvalue weighted by Gasteiger charge is -2.19. The predicted octanol–water partition coefficient (Wildman–Crippen LogP) is 1.24. The number of aliphatic hydroxyl groups excluding tert-OH is 1. The average molecular weight is 359 g/mol. The minimum Gasteiger partial charge on any atom is -0.454 e. The molecule has 1 aromatic carbocycles. The van der Waals surface area contributed by atoms with Crippen molar-refractivity contribution in [2.75, 3.05) is 19.9 Å². The van der Waals surface area contributed by atoms with E-state index in [0.29, 0.717) is 30.9 Å². The molecule has 1 aliphatic carbocycles. The standard InChI is InChI=1S/C19H21NO6/c21-13(8-20-18(22)14-3-1-2-4-15(14)19(20)23)10-24-9-12-5-6-16-17(7-12)26-11-25-16/h1-2,5-7,13-15,21H,3-4,8-11H2. The van der Waals surface area contributed by atoms with Gasteiger partial charge in [0, 0.05) is 0 Å². The van der Waals surface area contributed by atoms with Crippen LogP contribution in [0.1, 0.15) is 18.4 Å². The van der Waals surface area contributed by atoms with Crippen LogP contribution in [0.15, 0.2) is 30.4 Å². The SMILES string of the molecule is O=C1C2CC=CCC2C(=O)N1CC(O)COCc1ccc2c(c1)OCO2. The second-order valence-corrected chi connectivity index (χ2v) is 6.80. The molecule has 7 heteroatoms. The van der Waals surface area contributed by atoms with Crippen LogP contribution in [0.2, 0.25) is 0 Å². The maximum atomic E-state index is 12.4. The van der Waals surface area contributed by atoms with Crippen LogP contribution in [-0.4, -0.2) is 47.9 Å². The van der Waals surface area contributed by atoms with Crippen molar-refractivity contribution in [3.8, 4) is 11.5 Å². The first-order chi connectivity index (χ1) is 12.6. The number of β-amino-alcohol motifs (C(OH)–C–C–N with tert-alkyl or cyclic N) is 1. The summed E-state index contributed by atoms with van der Waals surface area (Å²) >= 11 is 0. The molecule has 1 fully saturated rings. The lowest BCUT2D eigenvalue weighted by atomic mass is 9.85. The molecule has 2 amide bonds. The van der Waals surface area contributed by atoms with E-state index in [1.165, 1.54) is 4.90 Å². The number of carbonyl (C=O) groups is 2. The van der Waals surface area contributed by atoms with Crippen LogP contribution in [0, 0.1) is 11.8 Å². The van der Waals surface area contributed by atoms with Gasteiger partial charge in [-0.05, 0) is 30.5 Å². The number of rotatable bonds is 6. The third kappa shape index (κ3) is 3.20. The fraction of sp³-hybridized carbons (Fsp3) is 0.474. The molecule has 0 bridgehead atoms. The first-order valence-electron chi connectivity index (χ1n) is 8.78. The van der Waals surface area contributed by atoms with E-state index in [4.69, 9.17) is 14.2 Å². The second kappa shape index (κ2) is 7.09. The zero-order valence-corrected chi connectivity index (χ0v) is 14.3. The Labute approximate surface area is 151 Å². The zero-order chi connectivity index (χ0) is 18.1. The Morgan fingerprint density at radius 2 is 1.81 bits per heavy atom. The van der Waals surface area contributed by atoms with Gasteiger partial charge < -0.3 is 19.3 Å². The van der Waals surface area contributed by atoms with Crippen molar-refractivity contribution >= 4 is 11.8 Å². The Morgan fingerprint density at radius 1 is 1.12 bits per heavy atom.